The summed E-state index contributed by atoms with van der Waals surface area (Å²) in [6.07, 6.45) is 1.47. The van der Waals surface area contributed by atoms with E-state index in [9.17, 15) is 9.18 Å². The molecule has 0 radical (unpaired) electrons. The maximum absolute atomic E-state index is 14.2. The Kier molecular flexibility index (Phi) is 8.24. The second kappa shape index (κ2) is 11.3. The zero-order valence-electron chi connectivity index (χ0n) is 18.2. The van der Waals surface area contributed by atoms with Crippen LogP contribution in [0.4, 0.5) is 15.9 Å². The van der Waals surface area contributed by atoms with E-state index in [1.807, 2.05) is 0 Å². The molecule has 0 saturated carbocycles. The fourth-order valence-corrected chi connectivity index (χ4v) is 2.87. The van der Waals surface area contributed by atoms with Crippen molar-refractivity contribution in [3.05, 3.63) is 59.8 Å². The van der Waals surface area contributed by atoms with Crippen LogP contribution in [0.25, 0.3) is 0 Å². The lowest BCUT2D eigenvalue weighted by Crippen LogP contribution is -2.30. The molecule has 0 aliphatic heterocycles. The summed E-state index contributed by atoms with van der Waals surface area (Å²) in [4.78, 5) is 26.2. The molecule has 0 fully saturated rings. The van der Waals surface area contributed by atoms with E-state index < -0.39 is 11.7 Å². The highest BCUT2D eigenvalue weighted by Gasteiger charge is 2.15. The van der Waals surface area contributed by atoms with Gasteiger partial charge in [-0.05, 0) is 56.4 Å². The van der Waals surface area contributed by atoms with Crippen LogP contribution in [0.3, 0.4) is 0 Å². The molecule has 12 heteroatoms. The first-order valence-corrected chi connectivity index (χ1v) is 10.3. The fourth-order valence-electron chi connectivity index (χ4n) is 2.70. The number of benzene rings is 1. The molecule has 2 heterocycles. The van der Waals surface area contributed by atoms with Gasteiger partial charge in [0.2, 0.25) is 0 Å². The second-order valence-electron chi connectivity index (χ2n) is 6.67. The summed E-state index contributed by atoms with van der Waals surface area (Å²) in [6, 6.07) is 8.97. The van der Waals surface area contributed by atoms with Gasteiger partial charge in [-0.25, -0.2) is 19.1 Å². The molecule has 0 aliphatic carbocycles. The van der Waals surface area contributed by atoms with E-state index in [-0.39, 0.29) is 12.4 Å². The van der Waals surface area contributed by atoms with Gasteiger partial charge in [0.15, 0.2) is 11.8 Å². The van der Waals surface area contributed by atoms with E-state index in [0.29, 0.717) is 40.4 Å². The van der Waals surface area contributed by atoms with Crippen LogP contribution >= 0.6 is 12.2 Å². The van der Waals surface area contributed by atoms with Crippen LogP contribution < -0.4 is 20.7 Å². The van der Waals surface area contributed by atoms with Gasteiger partial charge >= 0.3 is 0 Å². The zero-order valence-corrected chi connectivity index (χ0v) is 19.0. The van der Waals surface area contributed by atoms with E-state index in [4.69, 9.17) is 26.7 Å². The third-order valence-electron chi connectivity index (χ3n) is 4.13. The summed E-state index contributed by atoms with van der Waals surface area (Å²) in [5.74, 6) is 0.129. The molecular formula is C21H23FN6O4S. The normalized spacial score (nSPS) is 10.5. The van der Waals surface area contributed by atoms with Crippen LogP contribution in [0.15, 0.2) is 42.6 Å². The van der Waals surface area contributed by atoms with Gasteiger partial charge in [-0.3, -0.25) is 9.48 Å². The molecule has 0 saturated heterocycles. The summed E-state index contributed by atoms with van der Waals surface area (Å²) in [7, 11) is 1.64. The van der Waals surface area contributed by atoms with Crippen LogP contribution in [-0.4, -0.2) is 39.1 Å². The minimum atomic E-state index is -0.596. The Morgan fingerprint density at radius 3 is 2.61 bits per heavy atom. The summed E-state index contributed by atoms with van der Waals surface area (Å²) in [5.41, 5.74) is 0.969. The summed E-state index contributed by atoms with van der Waals surface area (Å²) < 4.78 is 21.4. The predicted molar refractivity (Wildman–Crippen MR) is 124 cm³/mol. The Hall–Kier alpha value is -3.61. The highest BCUT2D eigenvalue weighted by molar-refractivity contribution is 7.80. The SMILES string of the molecule is CCOOCNC(=S)Nc1ccc(Oc2ccc(F)c(NC(=O)c3cc(C)nn3C)c2)cn1. The average Bonchev–Trinajstić information content (AvgIpc) is 3.13. The van der Waals surface area contributed by atoms with Crippen molar-refractivity contribution < 1.29 is 23.7 Å². The zero-order chi connectivity index (χ0) is 23.8. The van der Waals surface area contributed by atoms with E-state index in [1.54, 1.807) is 39.1 Å². The number of carbonyl (C=O) groups excluding carboxylic acids is 1. The van der Waals surface area contributed by atoms with E-state index in [0.717, 1.165) is 0 Å². The van der Waals surface area contributed by atoms with Gasteiger partial charge in [0, 0.05) is 13.1 Å². The average molecular weight is 475 g/mol. The summed E-state index contributed by atoms with van der Waals surface area (Å²) in [5, 5.41) is 12.6. The number of anilines is 2. The fraction of sp³-hybridized carbons (Fsp3) is 0.238. The van der Waals surface area contributed by atoms with Crippen molar-refractivity contribution in [3.63, 3.8) is 0 Å². The maximum atomic E-state index is 14.2. The molecule has 174 valence electrons. The van der Waals surface area contributed by atoms with Crippen molar-refractivity contribution in [2.24, 2.45) is 7.05 Å². The molecule has 0 bridgehead atoms. The highest BCUT2D eigenvalue weighted by atomic mass is 32.1. The molecule has 0 aliphatic rings. The van der Waals surface area contributed by atoms with Crippen molar-refractivity contribution >= 4 is 34.7 Å². The lowest BCUT2D eigenvalue weighted by atomic mass is 10.2. The first-order chi connectivity index (χ1) is 15.9. The molecule has 33 heavy (non-hydrogen) atoms. The van der Waals surface area contributed by atoms with Gasteiger partial charge in [-0.2, -0.15) is 5.10 Å². The third-order valence-corrected chi connectivity index (χ3v) is 4.37. The summed E-state index contributed by atoms with van der Waals surface area (Å²) >= 11 is 5.12. The number of carbonyl (C=O) groups is 1. The van der Waals surface area contributed by atoms with Gasteiger partial charge in [0.25, 0.3) is 5.91 Å². The molecule has 0 atom stereocenters. The Labute approximate surface area is 195 Å². The van der Waals surface area contributed by atoms with E-state index in [2.05, 4.69) is 26.0 Å². The minimum Gasteiger partial charge on any atom is -0.456 e. The molecular weight excluding hydrogens is 451 g/mol. The topological polar surface area (TPSA) is 112 Å². The quantitative estimate of drug-likeness (QED) is 0.141. The minimum absolute atomic E-state index is 0.0201. The Bertz CT molecular complexity index is 1120. The first-order valence-electron chi connectivity index (χ1n) is 9.90. The van der Waals surface area contributed by atoms with Crippen LogP contribution in [-0.2, 0) is 16.8 Å². The van der Waals surface area contributed by atoms with E-state index in [1.165, 1.54) is 29.1 Å². The largest absolute Gasteiger partial charge is 0.456 e. The van der Waals surface area contributed by atoms with E-state index >= 15 is 0 Å². The lowest BCUT2D eigenvalue weighted by molar-refractivity contribution is -0.292. The molecule has 1 aromatic carbocycles. The molecule has 3 rings (SSSR count). The van der Waals surface area contributed by atoms with Crippen molar-refractivity contribution in [2.75, 3.05) is 24.0 Å². The maximum Gasteiger partial charge on any atom is 0.274 e. The van der Waals surface area contributed by atoms with Gasteiger partial charge in [0.05, 0.1) is 24.2 Å². The number of thiocarbonyl (C=S) groups is 1. The van der Waals surface area contributed by atoms with Crippen LogP contribution in [0, 0.1) is 12.7 Å². The lowest BCUT2D eigenvalue weighted by Gasteiger charge is -2.11. The van der Waals surface area contributed by atoms with Crippen molar-refractivity contribution in [1.82, 2.24) is 20.1 Å². The van der Waals surface area contributed by atoms with Gasteiger partial charge < -0.3 is 20.7 Å². The number of hydrogen-bond donors (Lipinski definition) is 3. The number of nitrogens with one attached hydrogen (secondary N) is 3. The molecule has 10 nitrogen and oxygen atoms in total. The van der Waals surface area contributed by atoms with Crippen LogP contribution in [0.1, 0.15) is 23.1 Å². The Balaban J connectivity index is 1.60. The second-order valence-corrected chi connectivity index (χ2v) is 7.08. The number of nitrogens with zero attached hydrogens (tertiary/aromatic N) is 3. The highest BCUT2D eigenvalue weighted by Crippen LogP contribution is 2.27. The van der Waals surface area contributed by atoms with Crippen molar-refractivity contribution in [1.29, 1.82) is 0 Å². The number of amides is 1. The molecule has 0 unspecified atom stereocenters. The number of hydrogen-bond acceptors (Lipinski definition) is 7. The first kappa shape index (κ1) is 24.0. The van der Waals surface area contributed by atoms with Gasteiger partial charge in [-0.1, -0.05) is 0 Å². The van der Waals surface area contributed by atoms with Crippen LogP contribution in [0.5, 0.6) is 11.5 Å². The Morgan fingerprint density at radius 2 is 1.94 bits per heavy atom. The number of pyridine rings is 1. The van der Waals surface area contributed by atoms with Crippen LogP contribution in [0.2, 0.25) is 0 Å². The Morgan fingerprint density at radius 1 is 1.15 bits per heavy atom. The van der Waals surface area contributed by atoms with Gasteiger partial charge in [0.1, 0.15) is 28.8 Å². The van der Waals surface area contributed by atoms with Crippen molar-refractivity contribution in [2.45, 2.75) is 13.8 Å². The molecule has 2 aromatic heterocycles. The molecule has 1 amide bonds. The number of aromatic nitrogens is 3. The summed E-state index contributed by atoms with van der Waals surface area (Å²) in [6.45, 7) is 4.08. The standard InChI is InChI=1S/C21H23FN6O4S/c1-4-30-31-12-24-21(33)26-19-8-6-15(11-23-19)32-14-5-7-16(22)17(10-14)25-20(29)18-9-13(2)27-28(18)3/h5-11H,4,12H2,1-3H3,(H,25,29)(H2,23,24,26,33). The monoisotopic (exact) mass is 474 g/mol. The van der Waals surface area contributed by atoms with Crippen molar-refractivity contribution in [3.8, 4) is 11.5 Å². The third kappa shape index (κ3) is 6.94. The molecule has 0 spiro atoms. The smallest absolute Gasteiger partial charge is 0.274 e. The number of ether oxygens (including phenoxy) is 1. The number of rotatable bonds is 9. The number of halogens is 1. The molecule has 3 aromatic rings. The molecule has 3 N–H and O–H groups in total. The predicted octanol–water partition coefficient (Wildman–Crippen LogP) is 3.52. The number of aryl methyl sites for hydroxylation is 2. The van der Waals surface area contributed by atoms with Gasteiger partial charge in [-0.15, -0.1) is 0 Å².